The summed E-state index contributed by atoms with van der Waals surface area (Å²) in [7, 11) is 0. The van der Waals surface area contributed by atoms with Gasteiger partial charge in [-0.15, -0.1) is 0 Å². The highest BCUT2D eigenvalue weighted by molar-refractivity contribution is 5.98. The first kappa shape index (κ1) is 21.5. The van der Waals surface area contributed by atoms with E-state index in [1.54, 1.807) is 17.7 Å². The van der Waals surface area contributed by atoms with Gasteiger partial charge in [-0.05, 0) is 63.8 Å². The van der Waals surface area contributed by atoms with Gasteiger partial charge in [-0.2, -0.15) is 0 Å². The lowest BCUT2D eigenvalue weighted by Crippen LogP contribution is -2.28. The molecule has 3 rings (SSSR count). The Morgan fingerprint density at radius 2 is 1.70 bits per heavy atom. The van der Waals surface area contributed by atoms with Crippen LogP contribution in [0, 0.1) is 27.7 Å². The first-order chi connectivity index (χ1) is 14.2. The molecule has 2 aromatic heterocycles. The molecule has 0 fully saturated rings. The van der Waals surface area contributed by atoms with Gasteiger partial charge < -0.3 is 9.55 Å². The van der Waals surface area contributed by atoms with Crippen molar-refractivity contribution in [3.05, 3.63) is 102 Å². The molecule has 0 aliphatic heterocycles. The van der Waals surface area contributed by atoms with Crippen molar-refractivity contribution in [2.24, 2.45) is 0 Å². The van der Waals surface area contributed by atoms with Gasteiger partial charge in [0.1, 0.15) is 0 Å². The molecule has 2 heterocycles. The molecule has 156 valence electrons. The predicted octanol–water partition coefficient (Wildman–Crippen LogP) is 4.20. The molecule has 1 aromatic carbocycles. The quantitative estimate of drug-likeness (QED) is 0.626. The number of ketones is 1. The van der Waals surface area contributed by atoms with Gasteiger partial charge in [0.25, 0.3) is 11.1 Å². The number of aryl methyl sites for hydroxylation is 3. The number of nitrogens with one attached hydrogen (secondary N) is 1. The van der Waals surface area contributed by atoms with Crippen LogP contribution in [0.5, 0.6) is 0 Å². The largest absolute Gasteiger partial charge is 0.326 e. The number of aromatic nitrogens is 2. The Hall–Kier alpha value is -3.21. The maximum absolute atomic E-state index is 13.0. The molecule has 0 bridgehead atoms. The summed E-state index contributed by atoms with van der Waals surface area (Å²) >= 11 is 0. The van der Waals surface area contributed by atoms with Crippen LogP contribution in [0.4, 0.5) is 0 Å². The summed E-state index contributed by atoms with van der Waals surface area (Å²) in [5.74, 6) is -0.110. The zero-order valence-electron chi connectivity index (χ0n) is 18.2. The van der Waals surface area contributed by atoms with Crippen LogP contribution in [0.15, 0.2) is 52.2 Å². The highest BCUT2D eigenvalue weighted by atomic mass is 16.1. The molecule has 1 atom stereocenters. The van der Waals surface area contributed by atoms with E-state index in [9.17, 15) is 14.4 Å². The standard InChI is InChI=1S/C25H28N2O3/c1-15-13-17(3)26-24(29)21(15)11-12-22(28)23-16(2)14-27(25(30)18(23)4)19(5)20-9-7-6-8-10-20/h6-10,13-14,19H,11-12H2,1-5H3,(H,26,29)/t19-/m1/s1. The number of hydrogen-bond donors (Lipinski definition) is 1. The van der Waals surface area contributed by atoms with Crippen LogP contribution < -0.4 is 11.1 Å². The molecule has 0 spiro atoms. The van der Waals surface area contributed by atoms with E-state index in [4.69, 9.17) is 0 Å². The number of hydrogen-bond acceptors (Lipinski definition) is 3. The fraction of sp³-hybridized carbons (Fsp3) is 0.320. The summed E-state index contributed by atoms with van der Waals surface area (Å²) in [5.41, 5.74) is 4.72. The van der Waals surface area contributed by atoms with E-state index < -0.39 is 0 Å². The zero-order chi connectivity index (χ0) is 22.0. The lowest BCUT2D eigenvalue weighted by molar-refractivity contribution is 0.0981. The number of H-pyrrole nitrogens is 1. The molecule has 0 saturated heterocycles. The van der Waals surface area contributed by atoms with E-state index in [1.165, 1.54) is 0 Å². The summed E-state index contributed by atoms with van der Waals surface area (Å²) in [6.45, 7) is 9.26. The number of carbonyl (C=O) groups excluding carboxylic acids is 1. The Morgan fingerprint density at radius 1 is 1.03 bits per heavy atom. The lowest BCUT2D eigenvalue weighted by atomic mass is 9.95. The molecule has 0 saturated carbocycles. The molecule has 30 heavy (non-hydrogen) atoms. The Kier molecular flexibility index (Phi) is 6.20. The second-order valence-corrected chi connectivity index (χ2v) is 7.98. The molecule has 5 nitrogen and oxygen atoms in total. The van der Waals surface area contributed by atoms with Crippen LogP contribution in [-0.2, 0) is 6.42 Å². The fourth-order valence-corrected chi connectivity index (χ4v) is 4.09. The van der Waals surface area contributed by atoms with Gasteiger partial charge in [0.2, 0.25) is 0 Å². The van der Waals surface area contributed by atoms with Gasteiger partial charge in [0.05, 0.1) is 6.04 Å². The summed E-state index contributed by atoms with van der Waals surface area (Å²) in [5, 5.41) is 0. The number of carbonyl (C=O) groups is 1. The smallest absolute Gasteiger partial charge is 0.254 e. The van der Waals surface area contributed by atoms with E-state index in [0.29, 0.717) is 23.1 Å². The first-order valence-electron chi connectivity index (χ1n) is 10.2. The Balaban J connectivity index is 1.90. The monoisotopic (exact) mass is 404 g/mol. The van der Waals surface area contributed by atoms with Crippen molar-refractivity contribution in [3.8, 4) is 0 Å². The molecule has 1 N–H and O–H groups in total. The molecule has 0 aliphatic rings. The van der Waals surface area contributed by atoms with Gasteiger partial charge in [-0.1, -0.05) is 30.3 Å². The van der Waals surface area contributed by atoms with E-state index in [-0.39, 0.29) is 29.4 Å². The second kappa shape index (κ2) is 8.66. The Bertz CT molecular complexity index is 1200. The molecular formula is C25H28N2O3. The van der Waals surface area contributed by atoms with Gasteiger partial charge in [-0.3, -0.25) is 14.4 Å². The number of rotatable bonds is 6. The van der Waals surface area contributed by atoms with Crippen molar-refractivity contribution in [1.82, 2.24) is 9.55 Å². The number of aromatic amines is 1. The first-order valence-corrected chi connectivity index (χ1v) is 10.2. The van der Waals surface area contributed by atoms with Crippen molar-refractivity contribution in [2.45, 2.75) is 53.5 Å². The molecule has 3 aromatic rings. The summed E-state index contributed by atoms with van der Waals surface area (Å²) in [4.78, 5) is 41.1. The van der Waals surface area contributed by atoms with E-state index in [2.05, 4.69) is 4.98 Å². The minimum Gasteiger partial charge on any atom is -0.326 e. The second-order valence-electron chi connectivity index (χ2n) is 7.98. The lowest BCUT2D eigenvalue weighted by Gasteiger charge is -2.19. The maximum atomic E-state index is 13.0. The highest BCUT2D eigenvalue weighted by Crippen LogP contribution is 2.20. The third-order valence-electron chi connectivity index (χ3n) is 5.73. The van der Waals surface area contributed by atoms with Crippen molar-refractivity contribution < 1.29 is 4.79 Å². The van der Waals surface area contributed by atoms with Gasteiger partial charge in [-0.25, -0.2) is 0 Å². The number of Topliss-reactive ketones (excluding diaryl/α,β-unsaturated/α-hetero) is 1. The van der Waals surface area contributed by atoms with Crippen LogP contribution in [0.3, 0.4) is 0 Å². The normalized spacial score (nSPS) is 12.0. The highest BCUT2D eigenvalue weighted by Gasteiger charge is 2.20. The van der Waals surface area contributed by atoms with Crippen LogP contribution in [0.2, 0.25) is 0 Å². The fourth-order valence-electron chi connectivity index (χ4n) is 4.09. The van der Waals surface area contributed by atoms with Gasteiger partial charge >= 0.3 is 0 Å². The Morgan fingerprint density at radius 3 is 2.33 bits per heavy atom. The third-order valence-corrected chi connectivity index (χ3v) is 5.73. The van der Waals surface area contributed by atoms with Crippen molar-refractivity contribution in [2.75, 3.05) is 0 Å². The number of pyridine rings is 2. The van der Waals surface area contributed by atoms with Crippen molar-refractivity contribution in [3.63, 3.8) is 0 Å². The number of nitrogens with zero attached hydrogens (tertiary/aromatic N) is 1. The third kappa shape index (κ3) is 4.20. The molecule has 0 radical (unpaired) electrons. The maximum Gasteiger partial charge on any atom is 0.254 e. The predicted molar refractivity (Wildman–Crippen MR) is 120 cm³/mol. The zero-order valence-corrected chi connectivity index (χ0v) is 18.2. The summed E-state index contributed by atoms with van der Waals surface area (Å²) in [6, 6.07) is 11.6. The van der Waals surface area contributed by atoms with E-state index in [0.717, 1.165) is 22.4 Å². The van der Waals surface area contributed by atoms with E-state index in [1.807, 2.05) is 64.1 Å². The molecular weight excluding hydrogens is 376 g/mol. The van der Waals surface area contributed by atoms with Crippen LogP contribution in [0.25, 0.3) is 0 Å². The summed E-state index contributed by atoms with van der Waals surface area (Å²) < 4.78 is 1.69. The van der Waals surface area contributed by atoms with Gasteiger partial charge in [0.15, 0.2) is 5.78 Å². The SMILES string of the molecule is Cc1cc(C)c(CCC(=O)c2c(C)cn([C@H](C)c3ccccc3)c(=O)c2C)c(=O)[nH]1. The van der Waals surface area contributed by atoms with E-state index >= 15 is 0 Å². The molecule has 5 heteroatoms. The topological polar surface area (TPSA) is 71.9 Å². The summed E-state index contributed by atoms with van der Waals surface area (Å²) in [6.07, 6.45) is 2.30. The average Bonchev–Trinajstić information content (AvgIpc) is 2.70. The van der Waals surface area contributed by atoms with Crippen LogP contribution in [0.1, 0.15) is 63.3 Å². The van der Waals surface area contributed by atoms with Crippen LogP contribution in [-0.4, -0.2) is 15.3 Å². The molecule has 0 aliphatic carbocycles. The molecule has 0 amide bonds. The van der Waals surface area contributed by atoms with Crippen molar-refractivity contribution in [1.29, 1.82) is 0 Å². The molecule has 0 unspecified atom stereocenters. The minimum absolute atomic E-state index is 0.110. The number of benzene rings is 1. The van der Waals surface area contributed by atoms with Gasteiger partial charge in [0, 0.05) is 35.0 Å². The minimum atomic E-state index is -0.162. The Labute approximate surface area is 176 Å². The average molecular weight is 405 g/mol. The van der Waals surface area contributed by atoms with Crippen molar-refractivity contribution >= 4 is 5.78 Å². The van der Waals surface area contributed by atoms with Crippen LogP contribution >= 0.6 is 0 Å².